The van der Waals surface area contributed by atoms with Crippen LogP contribution in [-0.4, -0.2) is 43.4 Å². The van der Waals surface area contributed by atoms with Crippen LogP contribution in [0.4, 0.5) is 0 Å². The van der Waals surface area contributed by atoms with Crippen LogP contribution in [0.1, 0.15) is 42.2 Å². The first-order chi connectivity index (χ1) is 12.5. The summed E-state index contributed by atoms with van der Waals surface area (Å²) in [6.45, 7) is 3.69. The fraction of sp³-hybridized carbons (Fsp3) is 0.579. The zero-order valence-electron chi connectivity index (χ0n) is 15.9. The predicted octanol–water partition coefficient (Wildman–Crippen LogP) is 1.37. The Hall–Kier alpha value is -1.96. The lowest BCUT2D eigenvalue weighted by Crippen LogP contribution is -2.50. The van der Waals surface area contributed by atoms with Crippen LogP contribution in [0, 0.1) is 11.8 Å². The highest BCUT2D eigenvalue weighted by molar-refractivity contribution is 5.72. The molecule has 1 aliphatic carbocycles. The van der Waals surface area contributed by atoms with E-state index in [2.05, 4.69) is 22.2 Å². The summed E-state index contributed by atoms with van der Waals surface area (Å²) in [6.07, 6.45) is 7.26. The number of hydrogen-bond donors (Lipinski definition) is 3. The molecule has 0 bridgehead atoms. The van der Waals surface area contributed by atoms with Gasteiger partial charge in [-0.3, -0.25) is 15.6 Å². The van der Waals surface area contributed by atoms with Gasteiger partial charge in [0.2, 0.25) is 0 Å². The Balaban J connectivity index is 2.33. The van der Waals surface area contributed by atoms with E-state index in [4.69, 9.17) is 16.3 Å². The van der Waals surface area contributed by atoms with Crippen molar-refractivity contribution in [2.24, 2.45) is 23.4 Å². The molecule has 0 saturated heterocycles. The van der Waals surface area contributed by atoms with Crippen LogP contribution < -0.4 is 17.0 Å². The molecule has 3 unspecified atom stereocenters. The maximum atomic E-state index is 11.2. The van der Waals surface area contributed by atoms with Crippen molar-refractivity contribution in [3.8, 4) is 0 Å². The second-order valence-corrected chi connectivity index (χ2v) is 7.15. The largest absolute Gasteiger partial charge is 0.403 e. The first-order valence-electron chi connectivity index (χ1n) is 9.04. The van der Waals surface area contributed by atoms with Crippen LogP contribution in [0.2, 0.25) is 0 Å². The lowest BCUT2D eigenvalue weighted by atomic mass is 9.65. The normalized spacial score (nSPS) is 26.7. The lowest BCUT2D eigenvalue weighted by Gasteiger charge is -2.49. The Morgan fingerprint density at radius 2 is 2.31 bits per heavy atom. The number of nitrogens with two attached hydrogens (primary N) is 2. The predicted molar refractivity (Wildman–Crippen MR) is 102 cm³/mol. The number of nitrogens with one attached hydrogen (secondary N) is 1. The van der Waals surface area contributed by atoms with E-state index in [9.17, 15) is 4.79 Å². The van der Waals surface area contributed by atoms with Crippen LogP contribution >= 0.6 is 0 Å². The van der Waals surface area contributed by atoms with Crippen molar-refractivity contribution in [1.82, 2.24) is 15.3 Å². The lowest BCUT2D eigenvalue weighted by molar-refractivity contribution is -0.131. The molecule has 1 saturated carbocycles. The molecule has 1 aromatic heterocycles. The summed E-state index contributed by atoms with van der Waals surface area (Å²) < 4.78 is 6.20. The molecule has 5 N–H and O–H groups in total. The highest BCUT2D eigenvalue weighted by Crippen LogP contribution is 2.48. The van der Waals surface area contributed by atoms with Crippen molar-refractivity contribution in [3.63, 3.8) is 0 Å². The topological polar surface area (TPSA) is 106 Å². The van der Waals surface area contributed by atoms with Crippen LogP contribution in [-0.2, 0) is 10.3 Å². The first kappa shape index (κ1) is 20.4. The molecule has 1 heterocycles. The number of hydrogen-bond acceptors (Lipinski definition) is 7. The van der Waals surface area contributed by atoms with Crippen molar-refractivity contribution >= 4 is 6.29 Å². The monoisotopic (exact) mass is 361 g/mol. The Morgan fingerprint density at radius 3 is 2.92 bits per heavy atom. The molecule has 1 aliphatic rings. The quantitative estimate of drug-likeness (QED) is 0.365. The number of pyridine rings is 1. The standard InChI is InChI=1S/C19H31N5O2/c1-14-5-4-6-16(11-24(2)12-18(10-20)23-21)19(14,26-3)15-7-8-22-17(9-15)13-25/h7-10,13-14,16,23H,4-6,11-12,20-21H2,1-3H3/b18-10-. The molecule has 0 amide bonds. The number of ether oxygens (including phenoxy) is 1. The molecule has 0 aliphatic heterocycles. The van der Waals surface area contributed by atoms with Crippen LogP contribution in [0.5, 0.6) is 0 Å². The van der Waals surface area contributed by atoms with Crippen molar-refractivity contribution in [1.29, 1.82) is 0 Å². The number of likely N-dealkylation sites (N-methyl/N-ethyl adjacent to an activating group) is 1. The van der Waals surface area contributed by atoms with Gasteiger partial charge in [0.1, 0.15) is 5.69 Å². The second kappa shape index (κ2) is 9.12. The molecule has 26 heavy (non-hydrogen) atoms. The van der Waals surface area contributed by atoms with Gasteiger partial charge in [-0.1, -0.05) is 13.3 Å². The van der Waals surface area contributed by atoms with Gasteiger partial charge in [0.05, 0.1) is 11.3 Å². The van der Waals surface area contributed by atoms with E-state index in [-0.39, 0.29) is 5.92 Å². The van der Waals surface area contributed by atoms with Crippen LogP contribution in [0.25, 0.3) is 0 Å². The van der Waals surface area contributed by atoms with Gasteiger partial charge in [0.15, 0.2) is 6.29 Å². The van der Waals surface area contributed by atoms with Crippen molar-refractivity contribution in [3.05, 3.63) is 41.5 Å². The smallest absolute Gasteiger partial charge is 0.168 e. The number of aldehydes is 1. The van der Waals surface area contributed by atoms with Gasteiger partial charge in [0.25, 0.3) is 0 Å². The fourth-order valence-electron chi connectivity index (χ4n) is 4.37. The Morgan fingerprint density at radius 1 is 1.54 bits per heavy atom. The summed E-state index contributed by atoms with van der Waals surface area (Å²) in [7, 11) is 3.81. The summed E-state index contributed by atoms with van der Waals surface area (Å²) in [4.78, 5) is 17.5. The summed E-state index contributed by atoms with van der Waals surface area (Å²) in [5.74, 6) is 6.11. The minimum absolute atomic E-state index is 0.278. The third-order valence-electron chi connectivity index (χ3n) is 5.58. The number of carbonyl (C=O) groups excluding carboxylic acids is 1. The van der Waals surface area contributed by atoms with Gasteiger partial charge in [-0.25, -0.2) is 0 Å². The first-order valence-corrected chi connectivity index (χ1v) is 9.04. The molecule has 0 spiro atoms. The van der Waals surface area contributed by atoms with Crippen molar-refractivity contribution < 1.29 is 9.53 Å². The number of hydrazine groups is 1. The Kier molecular flexibility index (Phi) is 7.14. The van der Waals surface area contributed by atoms with Gasteiger partial charge in [0, 0.05) is 38.5 Å². The van der Waals surface area contributed by atoms with Gasteiger partial charge < -0.3 is 20.8 Å². The zero-order valence-corrected chi connectivity index (χ0v) is 15.9. The minimum Gasteiger partial charge on any atom is -0.403 e. The van der Waals surface area contributed by atoms with E-state index >= 15 is 0 Å². The number of rotatable bonds is 8. The fourth-order valence-corrected chi connectivity index (χ4v) is 4.37. The number of carbonyl (C=O) groups is 1. The Bertz CT molecular complexity index is 636. The van der Waals surface area contributed by atoms with E-state index in [0.29, 0.717) is 18.2 Å². The highest BCUT2D eigenvalue weighted by atomic mass is 16.5. The molecule has 7 heteroatoms. The molecule has 7 nitrogen and oxygen atoms in total. The maximum absolute atomic E-state index is 11.2. The van der Waals surface area contributed by atoms with Crippen LogP contribution in [0.15, 0.2) is 30.2 Å². The average molecular weight is 361 g/mol. The highest BCUT2D eigenvalue weighted by Gasteiger charge is 2.47. The molecular formula is C19H31N5O2. The van der Waals surface area contributed by atoms with Gasteiger partial charge in [-0.05, 0) is 43.5 Å². The number of methoxy groups -OCH3 is 1. The molecule has 1 fully saturated rings. The average Bonchev–Trinajstić information content (AvgIpc) is 2.66. The third-order valence-corrected chi connectivity index (χ3v) is 5.58. The third kappa shape index (κ3) is 4.06. The SMILES string of the molecule is COC1(c2ccnc(C=O)c2)C(C)CCCC1CN(C)C/C(=C/N)NN. The van der Waals surface area contributed by atoms with E-state index in [1.54, 1.807) is 13.3 Å². The summed E-state index contributed by atoms with van der Waals surface area (Å²) >= 11 is 0. The summed E-state index contributed by atoms with van der Waals surface area (Å²) in [5, 5.41) is 0. The number of nitrogens with zero attached hydrogens (tertiary/aromatic N) is 2. The van der Waals surface area contributed by atoms with Gasteiger partial charge in [-0.2, -0.15) is 0 Å². The Labute approximate surface area is 155 Å². The number of aromatic nitrogens is 1. The molecular weight excluding hydrogens is 330 g/mol. The zero-order chi connectivity index (χ0) is 19.2. The molecule has 3 atom stereocenters. The van der Waals surface area contributed by atoms with Gasteiger partial charge >= 0.3 is 0 Å². The molecule has 144 valence electrons. The molecule has 0 aromatic carbocycles. The second-order valence-electron chi connectivity index (χ2n) is 7.15. The van der Waals surface area contributed by atoms with E-state index in [1.165, 1.54) is 6.20 Å². The van der Waals surface area contributed by atoms with E-state index in [1.807, 2.05) is 19.2 Å². The molecule has 0 radical (unpaired) electrons. The maximum Gasteiger partial charge on any atom is 0.168 e. The van der Waals surface area contributed by atoms with Crippen LogP contribution in [0.3, 0.4) is 0 Å². The molecule has 1 aromatic rings. The van der Waals surface area contributed by atoms with E-state index < -0.39 is 5.60 Å². The minimum atomic E-state index is -0.448. The van der Waals surface area contributed by atoms with Crippen molar-refractivity contribution in [2.45, 2.75) is 31.8 Å². The summed E-state index contributed by atoms with van der Waals surface area (Å²) in [5.41, 5.74) is 10.00. The molecule has 2 rings (SSSR count). The summed E-state index contributed by atoms with van der Waals surface area (Å²) in [6, 6.07) is 3.83. The van der Waals surface area contributed by atoms with E-state index in [0.717, 1.165) is 43.4 Å². The van der Waals surface area contributed by atoms with Gasteiger partial charge in [-0.15, -0.1) is 0 Å². The van der Waals surface area contributed by atoms with Crippen molar-refractivity contribution in [2.75, 3.05) is 27.2 Å².